The van der Waals surface area contributed by atoms with Gasteiger partial charge in [0.2, 0.25) is 0 Å². The van der Waals surface area contributed by atoms with Crippen LogP contribution in [-0.4, -0.2) is 10.1 Å². The molecule has 0 spiro atoms. The molecule has 13 heavy (non-hydrogen) atoms. The number of aromatic nitrogens is 1. The van der Waals surface area contributed by atoms with Gasteiger partial charge in [0.1, 0.15) is 0 Å². The van der Waals surface area contributed by atoms with Crippen LogP contribution >= 0.6 is 0 Å². The van der Waals surface area contributed by atoms with Gasteiger partial charge in [-0.25, -0.2) is 4.98 Å². The van der Waals surface area contributed by atoms with Crippen molar-refractivity contribution >= 4 is 17.0 Å². The first-order valence-corrected chi connectivity index (χ1v) is 4.07. The maximum Gasteiger partial charge on any atom is 0.0813 e. The molecule has 2 nitrogen and oxygen atoms in total. The monoisotopic (exact) mass is 171 g/mol. The fraction of sp³-hybridized carbons (Fsp3) is 0. The van der Waals surface area contributed by atoms with E-state index in [1.54, 1.807) is 6.08 Å². The van der Waals surface area contributed by atoms with Crippen LogP contribution in [0.5, 0.6) is 0 Å². The third-order valence-corrected chi connectivity index (χ3v) is 1.87. The zero-order valence-electron chi connectivity index (χ0n) is 7.01. The van der Waals surface area contributed by atoms with Gasteiger partial charge in [0.15, 0.2) is 0 Å². The van der Waals surface area contributed by atoms with E-state index in [0.717, 1.165) is 22.9 Å². The summed E-state index contributed by atoms with van der Waals surface area (Å²) >= 11 is 0. The van der Waals surface area contributed by atoms with E-state index in [9.17, 15) is 0 Å². The second-order valence-electron chi connectivity index (χ2n) is 2.74. The number of aliphatic hydroxyl groups is 1. The number of fused-ring (bicyclic) bond motifs is 1. The molecule has 0 bridgehead atoms. The van der Waals surface area contributed by atoms with Crippen molar-refractivity contribution in [1.29, 1.82) is 0 Å². The molecule has 0 radical (unpaired) electrons. The average Bonchev–Trinajstić information content (AvgIpc) is 2.18. The van der Waals surface area contributed by atoms with E-state index >= 15 is 0 Å². The summed E-state index contributed by atoms with van der Waals surface area (Å²) in [7, 11) is 0. The molecule has 2 aromatic rings. The summed E-state index contributed by atoms with van der Waals surface area (Å²) in [6, 6.07) is 11.7. The number of para-hydroxylation sites is 1. The molecule has 0 amide bonds. The van der Waals surface area contributed by atoms with Gasteiger partial charge in [0.25, 0.3) is 0 Å². The Morgan fingerprint density at radius 3 is 2.77 bits per heavy atom. The van der Waals surface area contributed by atoms with Crippen LogP contribution in [0.1, 0.15) is 5.69 Å². The lowest BCUT2D eigenvalue weighted by Crippen LogP contribution is -1.81. The number of pyridine rings is 1. The maximum atomic E-state index is 8.57. The predicted molar refractivity (Wildman–Crippen MR) is 53.4 cm³/mol. The van der Waals surface area contributed by atoms with Crippen molar-refractivity contribution < 1.29 is 5.11 Å². The molecule has 0 unspecified atom stereocenters. The van der Waals surface area contributed by atoms with Gasteiger partial charge in [-0.05, 0) is 18.2 Å². The van der Waals surface area contributed by atoms with Gasteiger partial charge in [-0.15, -0.1) is 0 Å². The summed E-state index contributed by atoms with van der Waals surface area (Å²) in [4.78, 5) is 4.32. The lowest BCUT2D eigenvalue weighted by molar-refractivity contribution is 0.478. The Morgan fingerprint density at radius 2 is 1.92 bits per heavy atom. The summed E-state index contributed by atoms with van der Waals surface area (Å²) in [6.07, 6.45) is 2.56. The maximum absolute atomic E-state index is 8.57. The van der Waals surface area contributed by atoms with E-state index in [-0.39, 0.29) is 0 Å². The Morgan fingerprint density at radius 1 is 1.08 bits per heavy atom. The molecule has 0 aliphatic heterocycles. The van der Waals surface area contributed by atoms with Crippen molar-refractivity contribution in [3.63, 3.8) is 0 Å². The van der Waals surface area contributed by atoms with E-state index in [1.807, 2.05) is 36.4 Å². The summed E-state index contributed by atoms with van der Waals surface area (Å²) in [6.45, 7) is 0. The molecule has 1 aromatic heterocycles. The van der Waals surface area contributed by atoms with E-state index < -0.39 is 0 Å². The number of nitrogens with zero attached hydrogens (tertiary/aromatic N) is 1. The fourth-order valence-electron chi connectivity index (χ4n) is 1.25. The highest BCUT2D eigenvalue weighted by atomic mass is 16.2. The van der Waals surface area contributed by atoms with Crippen molar-refractivity contribution in [2.45, 2.75) is 0 Å². The average molecular weight is 171 g/mol. The van der Waals surface area contributed by atoms with Crippen molar-refractivity contribution in [1.82, 2.24) is 4.98 Å². The Labute approximate surface area is 76.2 Å². The molecular weight excluding hydrogens is 162 g/mol. The second kappa shape index (κ2) is 3.27. The molecular formula is C11H9NO. The minimum Gasteiger partial charge on any atom is -0.516 e. The Bertz CT molecular complexity index is 449. The summed E-state index contributed by atoms with van der Waals surface area (Å²) in [5, 5.41) is 9.68. The summed E-state index contributed by atoms with van der Waals surface area (Å²) < 4.78 is 0. The van der Waals surface area contributed by atoms with E-state index in [0.29, 0.717) is 0 Å². The van der Waals surface area contributed by atoms with Gasteiger partial charge in [-0.3, -0.25) is 0 Å². The van der Waals surface area contributed by atoms with E-state index in [2.05, 4.69) is 4.98 Å². The van der Waals surface area contributed by atoms with Gasteiger partial charge < -0.3 is 5.11 Å². The SMILES string of the molecule is OC=Cc1ccc2ccccc2n1. The summed E-state index contributed by atoms with van der Waals surface area (Å²) in [5.41, 5.74) is 1.71. The van der Waals surface area contributed by atoms with Crippen molar-refractivity contribution in [2.24, 2.45) is 0 Å². The molecule has 1 heterocycles. The zero-order valence-corrected chi connectivity index (χ0v) is 7.01. The number of rotatable bonds is 1. The fourth-order valence-corrected chi connectivity index (χ4v) is 1.25. The molecule has 1 aromatic carbocycles. The normalized spacial score (nSPS) is 11.1. The molecule has 0 saturated carbocycles. The highest BCUT2D eigenvalue weighted by molar-refractivity contribution is 5.79. The van der Waals surface area contributed by atoms with Gasteiger partial charge in [-0.1, -0.05) is 24.3 Å². The highest BCUT2D eigenvalue weighted by Gasteiger charge is 1.93. The van der Waals surface area contributed by atoms with E-state index in [1.165, 1.54) is 0 Å². The minimum absolute atomic E-state index is 0.765. The predicted octanol–water partition coefficient (Wildman–Crippen LogP) is 2.76. The molecule has 0 aliphatic rings. The van der Waals surface area contributed by atoms with Gasteiger partial charge in [-0.2, -0.15) is 0 Å². The largest absolute Gasteiger partial charge is 0.516 e. The molecule has 0 fully saturated rings. The molecule has 1 N–H and O–H groups in total. The van der Waals surface area contributed by atoms with Crippen LogP contribution in [0.25, 0.3) is 17.0 Å². The van der Waals surface area contributed by atoms with Crippen molar-refractivity contribution in [2.75, 3.05) is 0 Å². The van der Waals surface area contributed by atoms with Crippen LogP contribution in [0.3, 0.4) is 0 Å². The standard InChI is InChI=1S/C11H9NO/c13-8-7-10-6-5-9-3-1-2-4-11(9)12-10/h1-8,13H. The Kier molecular flexibility index (Phi) is 1.96. The van der Waals surface area contributed by atoms with Crippen LogP contribution in [0.4, 0.5) is 0 Å². The smallest absolute Gasteiger partial charge is 0.0813 e. The molecule has 0 aliphatic carbocycles. The molecule has 2 heteroatoms. The van der Waals surface area contributed by atoms with Crippen molar-refractivity contribution in [3.05, 3.63) is 48.4 Å². The van der Waals surface area contributed by atoms with Gasteiger partial charge in [0.05, 0.1) is 17.5 Å². The third-order valence-electron chi connectivity index (χ3n) is 1.87. The number of hydrogen-bond acceptors (Lipinski definition) is 2. The van der Waals surface area contributed by atoms with Crippen LogP contribution in [-0.2, 0) is 0 Å². The quantitative estimate of drug-likeness (QED) is 0.669. The van der Waals surface area contributed by atoms with Gasteiger partial charge >= 0.3 is 0 Å². The lowest BCUT2D eigenvalue weighted by Gasteiger charge is -1.97. The summed E-state index contributed by atoms with van der Waals surface area (Å²) in [5.74, 6) is 0. The molecule has 0 saturated heterocycles. The number of benzene rings is 1. The third kappa shape index (κ3) is 1.51. The Balaban J connectivity index is 2.62. The molecule has 64 valence electrons. The topological polar surface area (TPSA) is 33.1 Å². The van der Waals surface area contributed by atoms with E-state index in [4.69, 9.17) is 5.11 Å². The second-order valence-corrected chi connectivity index (χ2v) is 2.74. The Hall–Kier alpha value is -1.83. The van der Waals surface area contributed by atoms with Gasteiger partial charge in [0, 0.05) is 5.39 Å². The zero-order chi connectivity index (χ0) is 9.10. The molecule has 2 rings (SSSR count). The van der Waals surface area contributed by atoms with Crippen LogP contribution < -0.4 is 0 Å². The minimum atomic E-state index is 0.765. The van der Waals surface area contributed by atoms with Crippen LogP contribution in [0, 0.1) is 0 Å². The number of aliphatic hydroxyl groups excluding tert-OH is 1. The van der Waals surface area contributed by atoms with Crippen molar-refractivity contribution in [3.8, 4) is 0 Å². The first-order chi connectivity index (χ1) is 6.40. The molecule has 0 atom stereocenters. The number of hydrogen-bond donors (Lipinski definition) is 1. The highest BCUT2D eigenvalue weighted by Crippen LogP contribution is 2.12. The lowest BCUT2D eigenvalue weighted by atomic mass is 10.2. The first-order valence-electron chi connectivity index (χ1n) is 4.07. The van der Waals surface area contributed by atoms with Crippen LogP contribution in [0.2, 0.25) is 0 Å². The first kappa shape index (κ1) is 7.80. The van der Waals surface area contributed by atoms with Crippen LogP contribution in [0.15, 0.2) is 42.7 Å².